The standard InChI is InChI=1S/C7H8N2O3/c1-12-4-5(7(10)11)6-2-3-8-9-6/h2-4H,1H3,(H,8,9)(H,10,11). The third-order valence-electron chi connectivity index (χ3n) is 1.26. The molecule has 0 unspecified atom stereocenters. The lowest BCUT2D eigenvalue weighted by atomic mass is 10.2. The molecule has 1 rings (SSSR count). The van der Waals surface area contributed by atoms with Gasteiger partial charge in [-0.25, -0.2) is 4.79 Å². The number of nitrogens with one attached hydrogen (secondary N) is 1. The van der Waals surface area contributed by atoms with Gasteiger partial charge in [0, 0.05) is 6.20 Å². The van der Waals surface area contributed by atoms with Crippen molar-refractivity contribution in [3.63, 3.8) is 0 Å². The molecule has 2 N–H and O–H groups in total. The molecule has 0 atom stereocenters. The van der Waals surface area contributed by atoms with Crippen molar-refractivity contribution in [3.05, 3.63) is 24.2 Å². The normalized spacial score (nSPS) is 11.2. The first kappa shape index (κ1) is 8.32. The van der Waals surface area contributed by atoms with E-state index in [0.717, 1.165) is 6.26 Å². The van der Waals surface area contributed by atoms with Gasteiger partial charge in [-0.1, -0.05) is 0 Å². The number of ether oxygens (including phenoxy) is 1. The van der Waals surface area contributed by atoms with E-state index in [9.17, 15) is 4.79 Å². The Morgan fingerprint density at radius 2 is 2.58 bits per heavy atom. The van der Waals surface area contributed by atoms with Gasteiger partial charge >= 0.3 is 5.97 Å². The second-order valence-corrected chi connectivity index (χ2v) is 2.04. The predicted octanol–water partition coefficient (Wildman–Crippen LogP) is 0.482. The number of aliphatic carboxylic acids is 1. The number of carbonyl (C=O) groups is 1. The molecule has 0 saturated carbocycles. The highest BCUT2D eigenvalue weighted by molar-refractivity contribution is 6.14. The van der Waals surface area contributed by atoms with Crippen molar-refractivity contribution < 1.29 is 14.6 Å². The van der Waals surface area contributed by atoms with Gasteiger partial charge < -0.3 is 9.84 Å². The molecule has 1 aromatic heterocycles. The molecule has 0 aliphatic rings. The van der Waals surface area contributed by atoms with E-state index in [-0.39, 0.29) is 5.57 Å². The zero-order valence-electron chi connectivity index (χ0n) is 6.44. The van der Waals surface area contributed by atoms with E-state index in [1.165, 1.54) is 13.3 Å². The van der Waals surface area contributed by atoms with E-state index >= 15 is 0 Å². The van der Waals surface area contributed by atoms with Crippen molar-refractivity contribution in [2.24, 2.45) is 0 Å². The van der Waals surface area contributed by atoms with Gasteiger partial charge in [0.1, 0.15) is 5.57 Å². The third-order valence-corrected chi connectivity index (χ3v) is 1.26. The lowest BCUT2D eigenvalue weighted by Gasteiger charge is -1.96. The average molecular weight is 168 g/mol. The van der Waals surface area contributed by atoms with Gasteiger partial charge in [-0.05, 0) is 6.07 Å². The molecule has 5 nitrogen and oxygen atoms in total. The smallest absolute Gasteiger partial charge is 0.341 e. The Balaban J connectivity index is 2.96. The number of rotatable bonds is 3. The zero-order valence-corrected chi connectivity index (χ0v) is 6.44. The number of carboxylic acids is 1. The van der Waals surface area contributed by atoms with Crippen molar-refractivity contribution in [1.29, 1.82) is 0 Å². The Hall–Kier alpha value is -1.78. The molecule has 1 heterocycles. The minimum absolute atomic E-state index is 0.0509. The third kappa shape index (κ3) is 1.63. The van der Waals surface area contributed by atoms with Crippen LogP contribution in [0.25, 0.3) is 5.57 Å². The van der Waals surface area contributed by atoms with Crippen LogP contribution in [-0.4, -0.2) is 28.4 Å². The zero-order chi connectivity index (χ0) is 8.97. The van der Waals surface area contributed by atoms with E-state index in [1.54, 1.807) is 6.07 Å². The number of hydrogen-bond acceptors (Lipinski definition) is 3. The summed E-state index contributed by atoms with van der Waals surface area (Å²) < 4.78 is 4.60. The number of H-pyrrole nitrogens is 1. The van der Waals surface area contributed by atoms with E-state index in [1.807, 2.05) is 0 Å². The first-order valence-corrected chi connectivity index (χ1v) is 3.21. The summed E-state index contributed by atoms with van der Waals surface area (Å²) in [6.07, 6.45) is 2.62. The summed E-state index contributed by atoms with van der Waals surface area (Å²) in [7, 11) is 1.39. The molecule has 5 heteroatoms. The van der Waals surface area contributed by atoms with Gasteiger partial charge in [0.25, 0.3) is 0 Å². The highest BCUT2D eigenvalue weighted by atomic mass is 16.5. The molecule has 0 fully saturated rings. The van der Waals surface area contributed by atoms with Gasteiger partial charge in [-0.2, -0.15) is 5.10 Å². The highest BCUT2D eigenvalue weighted by Gasteiger charge is 2.11. The Bertz CT molecular complexity index is 290. The van der Waals surface area contributed by atoms with Gasteiger partial charge in [0.15, 0.2) is 0 Å². The molecular weight excluding hydrogens is 160 g/mol. The van der Waals surface area contributed by atoms with Crippen molar-refractivity contribution in [1.82, 2.24) is 10.2 Å². The second-order valence-electron chi connectivity index (χ2n) is 2.04. The van der Waals surface area contributed by atoms with Crippen LogP contribution < -0.4 is 0 Å². The van der Waals surface area contributed by atoms with Crippen LogP contribution in [0.3, 0.4) is 0 Å². The van der Waals surface area contributed by atoms with Gasteiger partial charge in [0.2, 0.25) is 0 Å². The van der Waals surface area contributed by atoms with E-state index in [2.05, 4.69) is 14.9 Å². The van der Waals surface area contributed by atoms with Crippen LogP contribution in [0.4, 0.5) is 0 Å². The Kier molecular flexibility index (Phi) is 2.47. The lowest BCUT2D eigenvalue weighted by molar-refractivity contribution is -0.130. The predicted molar refractivity (Wildman–Crippen MR) is 41.2 cm³/mol. The monoisotopic (exact) mass is 168 g/mol. The Labute approximate surface area is 68.7 Å². The number of methoxy groups -OCH3 is 1. The molecule has 0 aliphatic heterocycles. The van der Waals surface area contributed by atoms with Crippen LogP contribution in [0.2, 0.25) is 0 Å². The minimum atomic E-state index is -1.05. The fourth-order valence-electron chi connectivity index (χ4n) is 0.753. The first-order valence-electron chi connectivity index (χ1n) is 3.21. The summed E-state index contributed by atoms with van der Waals surface area (Å²) in [5, 5.41) is 14.8. The molecule has 64 valence electrons. The topological polar surface area (TPSA) is 75.2 Å². The van der Waals surface area contributed by atoms with Crippen LogP contribution in [0.5, 0.6) is 0 Å². The molecule has 0 amide bonds. The summed E-state index contributed by atoms with van der Waals surface area (Å²) in [4.78, 5) is 10.6. The molecule has 0 aromatic carbocycles. The maximum atomic E-state index is 10.6. The first-order chi connectivity index (χ1) is 5.75. The number of aromatic amines is 1. The quantitative estimate of drug-likeness (QED) is 0.508. The van der Waals surface area contributed by atoms with Crippen molar-refractivity contribution in [2.75, 3.05) is 7.11 Å². The molecule has 0 radical (unpaired) electrons. The fraction of sp³-hybridized carbons (Fsp3) is 0.143. The molecule has 0 saturated heterocycles. The van der Waals surface area contributed by atoms with Crippen LogP contribution in [0, 0.1) is 0 Å². The maximum absolute atomic E-state index is 10.6. The summed E-state index contributed by atoms with van der Waals surface area (Å²) in [5.74, 6) is -1.05. The number of nitrogens with zero attached hydrogens (tertiary/aromatic N) is 1. The Morgan fingerprint density at radius 3 is 3.00 bits per heavy atom. The van der Waals surface area contributed by atoms with Crippen LogP contribution in [-0.2, 0) is 9.53 Å². The average Bonchev–Trinajstić information content (AvgIpc) is 2.51. The number of carboxylic acid groups (broad SMARTS) is 1. The molecular formula is C7H8N2O3. The van der Waals surface area contributed by atoms with Gasteiger partial charge in [-0.3, -0.25) is 5.10 Å². The number of hydrogen-bond donors (Lipinski definition) is 2. The summed E-state index contributed by atoms with van der Waals surface area (Å²) >= 11 is 0. The summed E-state index contributed by atoms with van der Waals surface area (Å²) in [6.45, 7) is 0. The minimum Gasteiger partial charge on any atom is -0.503 e. The molecule has 1 aromatic rings. The molecule has 0 bridgehead atoms. The SMILES string of the molecule is COC=C(C(=O)O)c1ccn[nH]1. The van der Waals surface area contributed by atoms with Crippen LogP contribution >= 0.6 is 0 Å². The lowest BCUT2D eigenvalue weighted by Crippen LogP contribution is -2.00. The van der Waals surface area contributed by atoms with Crippen molar-refractivity contribution in [3.8, 4) is 0 Å². The maximum Gasteiger partial charge on any atom is 0.341 e. The summed E-state index contributed by atoms with van der Waals surface area (Å²) in [5.41, 5.74) is 0.472. The van der Waals surface area contributed by atoms with Crippen LogP contribution in [0.15, 0.2) is 18.5 Å². The van der Waals surface area contributed by atoms with Crippen LogP contribution in [0.1, 0.15) is 5.69 Å². The van der Waals surface area contributed by atoms with E-state index in [4.69, 9.17) is 5.11 Å². The second kappa shape index (κ2) is 3.56. The molecule has 0 spiro atoms. The Morgan fingerprint density at radius 1 is 1.83 bits per heavy atom. The van der Waals surface area contributed by atoms with Crippen molar-refractivity contribution >= 4 is 11.5 Å². The van der Waals surface area contributed by atoms with E-state index in [0.29, 0.717) is 5.69 Å². The molecule has 0 aliphatic carbocycles. The van der Waals surface area contributed by atoms with Crippen molar-refractivity contribution in [2.45, 2.75) is 0 Å². The largest absolute Gasteiger partial charge is 0.503 e. The molecule has 12 heavy (non-hydrogen) atoms. The fourth-order valence-corrected chi connectivity index (χ4v) is 0.753. The van der Waals surface area contributed by atoms with Gasteiger partial charge in [-0.15, -0.1) is 0 Å². The van der Waals surface area contributed by atoms with Gasteiger partial charge in [0.05, 0.1) is 19.1 Å². The highest BCUT2D eigenvalue weighted by Crippen LogP contribution is 2.10. The number of aromatic nitrogens is 2. The van der Waals surface area contributed by atoms with E-state index < -0.39 is 5.97 Å². The summed E-state index contributed by atoms with van der Waals surface area (Å²) in [6, 6.07) is 1.55.